The van der Waals surface area contributed by atoms with Crippen molar-refractivity contribution in [3.63, 3.8) is 0 Å². The summed E-state index contributed by atoms with van der Waals surface area (Å²) in [4.78, 5) is 24.6. The number of hydrogen-bond donors (Lipinski definition) is 2. The lowest BCUT2D eigenvalue weighted by Gasteiger charge is -2.17. The van der Waals surface area contributed by atoms with Crippen molar-refractivity contribution >= 4 is 17.5 Å². The van der Waals surface area contributed by atoms with Crippen LogP contribution in [0.2, 0.25) is 0 Å². The summed E-state index contributed by atoms with van der Waals surface area (Å²) in [7, 11) is 0. The Labute approximate surface area is 156 Å². The highest BCUT2D eigenvalue weighted by molar-refractivity contribution is 6.39. The van der Waals surface area contributed by atoms with Crippen LogP contribution in [-0.2, 0) is 16.0 Å². The molecule has 4 nitrogen and oxygen atoms in total. The van der Waals surface area contributed by atoms with Gasteiger partial charge in [-0.25, -0.2) is 0 Å². The van der Waals surface area contributed by atoms with Gasteiger partial charge in [-0.1, -0.05) is 63.2 Å². The Kier molecular flexibility index (Phi) is 6.96. The second-order valence-corrected chi connectivity index (χ2v) is 6.64. The highest BCUT2D eigenvalue weighted by Gasteiger charge is 2.19. The average Bonchev–Trinajstić information content (AvgIpc) is 2.67. The van der Waals surface area contributed by atoms with Crippen molar-refractivity contribution in [2.75, 3.05) is 5.32 Å². The lowest BCUT2D eigenvalue weighted by molar-refractivity contribution is -0.136. The minimum atomic E-state index is -0.641. The van der Waals surface area contributed by atoms with E-state index in [9.17, 15) is 9.59 Å². The van der Waals surface area contributed by atoms with Crippen molar-refractivity contribution in [2.24, 2.45) is 0 Å². The Hall–Kier alpha value is -2.62. The Morgan fingerprint density at radius 3 is 2.19 bits per heavy atom. The summed E-state index contributed by atoms with van der Waals surface area (Å²) in [5, 5.41) is 5.51. The molecule has 0 aliphatic rings. The number of anilines is 1. The number of hydrogen-bond acceptors (Lipinski definition) is 2. The molecule has 2 aromatic rings. The summed E-state index contributed by atoms with van der Waals surface area (Å²) in [6.07, 6.45) is 1.93. The van der Waals surface area contributed by atoms with E-state index >= 15 is 0 Å². The molecule has 0 saturated heterocycles. The van der Waals surface area contributed by atoms with Crippen molar-refractivity contribution in [3.05, 3.63) is 65.2 Å². The molecule has 138 valence electrons. The van der Waals surface area contributed by atoms with Crippen LogP contribution in [0.25, 0.3) is 0 Å². The van der Waals surface area contributed by atoms with Gasteiger partial charge in [0.25, 0.3) is 0 Å². The molecule has 2 rings (SSSR count). The smallest absolute Gasteiger partial charge is 0.313 e. The summed E-state index contributed by atoms with van der Waals surface area (Å²) in [5.74, 6) is -0.959. The normalized spacial score (nSPS) is 12.9. The first kappa shape index (κ1) is 19.7. The topological polar surface area (TPSA) is 58.2 Å². The Balaban J connectivity index is 2.02. The largest absolute Gasteiger partial charge is 0.341 e. The van der Waals surface area contributed by atoms with Gasteiger partial charge in [-0.3, -0.25) is 9.59 Å². The van der Waals surface area contributed by atoms with E-state index in [1.54, 1.807) is 0 Å². The Morgan fingerprint density at radius 1 is 0.923 bits per heavy atom. The summed E-state index contributed by atoms with van der Waals surface area (Å²) in [6.45, 7) is 8.18. The van der Waals surface area contributed by atoms with Crippen molar-refractivity contribution in [1.29, 1.82) is 0 Å². The molecule has 0 fully saturated rings. The minimum absolute atomic E-state index is 0.232. The summed E-state index contributed by atoms with van der Waals surface area (Å²) in [6, 6.07) is 15.4. The van der Waals surface area contributed by atoms with E-state index in [0.29, 0.717) is 11.6 Å². The molecule has 2 amide bonds. The van der Waals surface area contributed by atoms with E-state index in [4.69, 9.17) is 0 Å². The molecule has 0 saturated carbocycles. The molecule has 2 unspecified atom stereocenters. The molecule has 2 aromatic carbocycles. The SMILES string of the molecule is CCc1ccc(C(C)NC(=O)C(=O)Nc2ccccc2C(C)CC)cc1. The molecule has 0 radical (unpaired) electrons. The number of aryl methyl sites for hydroxylation is 1. The van der Waals surface area contributed by atoms with E-state index in [0.717, 1.165) is 24.0 Å². The van der Waals surface area contributed by atoms with Crippen LogP contribution in [0.1, 0.15) is 62.8 Å². The molecule has 0 aromatic heterocycles. The quantitative estimate of drug-likeness (QED) is 0.748. The first-order valence-corrected chi connectivity index (χ1v) is 9.25. The molecular formula is C22H28N2O2. The Morgan fingerprint density at radius 2 is 1.58 bits per heavy atom. The zero-order valence-electron chi connectivity index (χ0n) is 16.0. The predicted molar refractivity (Wildman–Crippen MR) is 106 cm³/mol. The maximum Gasteiger partial charge on any atom is 0.313 e. The zero-order chi connectivity index (χ0) is 19.1. The lowest BCUT2D eigenvalue weighted by Crippen LogP contribution is -2.37. The van der Waals surface area contributed by atoms with E-state index < -0.39 is 11.8 Å². The van der Waals surface area contributed by atoms with Crippen LogP contribution in [0.5, 0.6) is 0 Å². The fraction of sp³-hybridized carbons (Fsp3) is 0.364. The third-order valence-electron chi connectivity index (χ3n) is 4.79. The van der Waals surface area contributed by atoms with Crippen LogP contribution >= 0.6 is 0 Å². The van der Waals surface area contributed by atoms with E-state index in [2.05, 4.69) is 31.4 Å². The van der Waals surface area contributed by atoms with Gasteiger partial charge in [-0.15, -0.1) is 0 Å². The van der Waals surface area contributed by atoms with Gasteiger partial charge in [-0.05, 0) is 48.4 Å². The maximum absolute atomic E-state index is 12.3. The molecule has 26 heavy (non-hydrogen) atoms. The van der Waals surface area contributed by atoms with Crippen LogP contribution in [-0.4, -0.2) is 11.8 Å². The van der Waals surface area contributed by atoms with Crippen LogP contribution in [0.3, 0.4) is 0 Å². The number of carbonyl (C=O) groups is 2. The number of carbonyl (C=O) groups excluding carboxylic acids is 2. The molecule has 4 heteroatoms. The highest BCUT2D eigenvalue weighted by atomic mass is 16.2. The molecule has 0 bridgehead atoms. The zero-order valence-corrected chi connectivity index (χ0v) is 16.0. The van der Waals surface area contributed by atoms with Crippen molar-refractivity contribution in [2.45, 2.75) is 52.5 Å². The van der Waals surface area contributed by atoms with E-state index in [-0.39, 0.29) is 6.04 Å². The van der Waals surface area contributed by atoms with Crippen molar-refractivity contribution < 1.29 is 9.59 Å². The van der Waals surface area contributed by atoms with Crippen LogP contribution < -0.4 is 10.6 Å². The van der Waals surface area contributed by atoms with Crippen LogP contribution in [0, 0.1) is 0 Å². The fourth-order valence-corrected chi connectivity index (χ4v) is 2.83. The van der Waals surface area contributed by atoms with Gasteiger partial charge in [0.2, 0.25) is 0 Å². The number of para-hydroxylation sites is 1. The standard InChI is InChI=1S/C22H28N2O2/c1-5-15(3)19-9-7-8-10-20(19)24-22(26)21(25)23-16(4)18-13-11-17(6-2)12-14-18/h7-16H,5-6H2,1-4H3,(H,23,25)(H,24,26). The average molecular weight is 352 g/mol. The number of rotatable bonds is 6. The molecular weight excluding hydrogens is 324 g/mol. The van der Waals surface area contributed by atoms with Gasteiger partial charge in [0.1, 0.15) is 0 Å². The van der Waals surface area contributed by atoms with Gasteiger partial charge in [0.05, 0.1) is 6.04 Å². The van der Waals surface area contributed by atoms with Crippen LogP contribution in [0.4, 0.5) is 5.69 Å². The molecule has 2 N–H and O–H groups in total. The third kappa shape index (κ3) is 4.94. The van der Waals surface area contributed by atoms with Crippen LogP contribution in [0.15, 0.2) is 48.5 Å². The molecule has 0 aliphatic carbocycles. The monoisotopic (exact) mass is 352 g/mol. The molecule has 2 atom stereocenters. The van der Waals surface area contributed by atoms with Gasteiger partial charge in [0.15, 0.2) is 0 Å². The van der Waals surface area contributed by atoms with Gasteiger partial charge < -0.3 is 10.6 Å². The maximum atomic E-state index is 12.3. The number of benzene rings is 2. The lowest BCUT2D eigenvalue weighted by atomic mass is 9.97. The summed E-state index contributed by atoms with van der Waals surface area (Å²) < 4.78 is 0. The fourth-order valence-electron chi connectivity index (χ4n) is 2.83. The van der Waals surface area contributed by atoms with Crippen molar-refractivity contribution in [1.82, 2.24) is 5.32 Å². The number of nitrogens with one attached hydrogen (secondary N) is 2. The van der Waals surface area contributed by atoms with Crippen molar-refractivity contribution in [3.8, 4) is 0 Å². The first-order valence-electron chi connectivity index (χ1n) is 9.25. The van der Waals surface area contributed by atoms with E-state index in [1.165, 1.54) is 5.56 Å². The summed E-state index contributed by atoms with van der Waals surface area (Å²) >= 11 is 0. The van der Waals surface area contributed by atoms with Gasteiger partial charge >= 0.3 is 11.8 Å². The number of amides is 2. The molecule has 0 heterocycles. The van der Waals surface area contributed by atoms with Gasteiger partial charge in [-0.2, -0.15) is 0 Å². The second kappa shape index (κ2) is 9.18. The highest BCUT2D eigenvalue weighted by Crippen LogP contribution is 2.26. The van der Waals surface area contributed by atoms with E-state index in [1.807, 2.05) is 55.5 Å². The predicted octanol–water partition coefficient (Wildman–Crippen LogP) is 4.58. The minimum Gasteiger partial charge on any atom is -0.341 e. The molecule has 0 aliphatic heterocycles. The van der Waals surface area contributed by atoms with Gasteiger partial charge in [0, 0.05) is 5.69 Å². The first-order chi connectivity index (χ1) is 12.5. The molecule has 0 spiro atoms. The second-order valence-electron chi connectivity index (χ2n) is 6.64. The Bertz CT molecular complexity index is 753. The third-order valence-corrected chi connectivity index (χ3v) is 4.79. The summed E-state index contributed by atoms with van der Waals surface area (Å²) in [5.41, 5.74) is 3.95.